The van der Waals surface area contributed by atoms with Crippen LogP contribution in [0.15, 0.2) is 28.8 Å². The van der Waals surface area contributed by atoms with Gasteiger partial charge in [0.2, 0.25) is 17.6 Å². The zero-order valence-electron chi connectivity index (χ0n) is 13.8. The first kappa shape index (κ1) is 15.5. The molecule has 2 aromatic heterocycles. The minimum atomic E-state index is 0.537. The number of fused-ring (bicyclic) bond motifs is 1. The van der Waals surface area contributed by atoms with Crippen molar-refractivity contribution in [1.29, 1.82) is 0 Å². The number of rotatable bonds is 6. The van der Waals surface area contributed by atoms with Gasteiger partial charge in [-0.3, -0.25) is 0 Å². The van der Waals surface area contributed by atoms with Crippen LogP contribution in [0.2, 0.25) is 0 Å². The topological polar surface area (TPSA) is 61.0 Å². The zero-order valence-corrected chi connectivity index (χ0v) is 13.8. The van der Waals surface area contributed by atoms with Crippen LogP contribution in [0.4, 0.5) is 0 Å². The summed E-state index contributed by atoms with van der Waals surface area (Å²) in [5.74, 6) is 1.75. The fourth-order valence-electron chi connectivity index (χ4n) is 2.53. The Bertz CT molecular complexity index is 811. The van der Waals surface area contributed by atoms with Gasteiger partial charge in [0.05, 0.1) is 17.7 Å². The molecule has 0 saturated heterocycles. The lowest BCUT2D eigenvalue weighted by Crippen LogP contribution is -1.99. The van der Waals surface area contributed by atoms with Gasteiger partial charge in [0, 0.05) is 11.8 Å². The highest BCUT2D eigenvalue weighted by atomic mass is 16.5. The highest BCUT2D eigenvalue weighted by Crippen LogP contribution is 2.31. The Balaban J connectivity index is 2.07. The molecule has 0 saturated carbocycles. The molecule has 0 atom stereocenters. The van der Waals surface area contributed by atoms with Crippen LogP contribution < -0.4 is 4.74 Å². The van der Waals surface area contributed by atoms with E-state index in [1.54, 1.807) is 0 Å². The highest BCUT2D eigenvalue weighted by Gasteiger charge is 2.16. The average Bonchev–Trinajstić information content (AvgIpc) is 3.02. The molecule has 120 valence electrons. The Labute approximate surface area is 135 Å². The monoisotopic (exact) mass is 311 g/mol. The number of aryl methyl sites for hydroxylation is 2. The second-order valence-corrected chi connectivity index (χ2v) is 5.54. The van der Waals surface area contributed by atoms with Gasteiger partial charge < -0.3 is 9.26 Å². The van der Waals surface area contributed by atoms with Crippen LogP contribution >= 0.6 is 0 Å². The van der Waals surface area contributed by atoms with Gasteiger partial charge in [0.15, 0.2) is 0 Å². The Kier molecular flexibility index (Phi) is 4.55. The molecule has 0 fully saturated rings. The van der Waals surface area contributed by atoms with Crippen molar-refractivity contribution in [3.8, 4) is 17.3 Å². The van der Waals surface area contributed by atoms with E-state index in [1.165, 1.54) is 0 Å². The first-order valence-electron chi connectivity index (χ1n) is 8.09. The molecule has 0 aliphatic rings. The van der Waals surface area contributed by atoms with Gasteiger partial charge in [0.25, 0.3) is 0 Å². The van der Waals surface area contributed by atoms with Crippen LogP contribution in [0.25, 0.3) is 22.3 Å². The van der Waals surface area contributed by atoms with Crippen LogP contribution in [0, 0.1) is 6.92 Å². The third kappa shape index (κ3) is 3.18. The summed E-state index contributed by atoms with van der Waals surface area (Å²) in [5, 5.41) is 5.15. The number of unbranched alkanes of at least 4 members (excludes halogenated alkanes) is 1. The summed E-state index contributed by atoms with van der Waals surface area (Å²) in [6.07, 6.45) is 2.93. The summed E-state index contributed by atoms with van der Waals surface area (Å²) in [7, 11) is 0. The minimum absolute atomic E-state index is 0.537. The van der Waals surface area contributed by atoms with E-state index < -0.39 is 0 Å². The summed E-state index contributed by atoms with van der Waals surface area (Å²) in [4.78, 5) is 9.16. The molecule has 0 radical (unpaired) electrons. The third-order valence-corrected chi connectivity index (χ3v) is 3.75. The lowest BCUT2D eigenvalue weighted by molar-refractivity contribution is 0.329. The van der Waals surface area contributed by atoms with E-state index in [0.29, 0.717) is 24.2 Å². The first-order valence-corrected chi connectivity index (χ1v) is 8.09. The molecule has 0 N–H and O–H groups in total. The maximum absolute atomic E-state index is 5.71. The normalized spacial score (nSPS) is 11.1. The van der Waals surface area contributed by atoms with Crippen molar-refractivity contribution in [1.82, 2.24) is 15.1 Å². The van der Waals surface area contributed by atoms with Crippen LogP contribution in [-0.4, -0.2) is 21.7 Å². The van der Waals surface area contributed by atoms with E-state index >= 15 is 0 Å². The molecule has 3 rings (SSSR count). The van der Waals surface area contributed by atoms with Crippen molar-refractivity contribution in [2.24, 2.45) is 0 Å². The molecule has 0 spiro atoms. The molecule has 0 amide bonds. The van der Waals surface area contributed by atoms with Crippen molar-refractivity contribution >= 4 is 10.9 Å². The van der Waals surface area contributed by atoms with Crippen LogP contribution in [0.1, 0.15) is 38.1 Å². The van der Waals surface area contributed by atoms with Crippen molar-refractivity contribution < 1.29 is 9.26 Å². The fraction of sp³-hybridized carbons (Fsp3) is 0.389. The summed E-state index contributed by atoms with van der Waals surface area (Å²) >= 11 is 0. The Hall–Kier alpha value is -2.43. The molecule has 23 heavy (non-hydrogen) atoms. The lowest BCUT2D eigenvalue weighted by Gasteiger charge is -2.09. The maximum Gasteiger partial charge on any atom is 0.226 e. The number of hydrogen-bond donors (Lipinski definition) is 0. The molecule has 5 nitrogen and oxygen atoms in total. The SMILES string of the molecule is CCCCc1nc(-c2cc3cccc(C)c3nc2OCC)no1. The number of benzene rings is 1. The van der Waals surface area contributed by atoms with Crippen LogP contribution in [-0.2, 0) is 6.42 Å². The maximum atomic E-state index is 5.71. The largest absolute Gasteiger partial charge is 0.477 e. The highest BCUT2D eigenvalue weighted by molar-refractivity contribution is 5.87. The molecular formula is C18H21N3O2. The van der Waals surface area contributed by atoms with Gasteiger partial charge in [-0.25, -0.2) is 4.98 Å². The van der Waals surface area contributed by atoms with E-state index in [-0.39, 0.29) is 0 Å². The van der Waals surface area contributed by atoms with Gasteiger partial charge in [-0.15, -0.1) is 0 Å². The van der Waals surface area contributed by atoms with Gasteiger partial charge in [-0.05, 0) is 31.9 Å². The van der Waals surface area contributed by atoms with Crippen molar-refractivity contribution in [2.45, 2.75) is 40.0 Å². The van der Waals surface area contributed by atoms with Gasteiger partial charge in [0.1, 0.15) is 0 Å². The van der Waals surface area contributed by atoms with E-state index in [9.17, 15) is 0 Å². The average molecular weight is 311 g/mol. The molecule has 0 bridgehead atoms. The van der Waals surface area contributed by atoms with Gasteiger partial charge >= 0.3 is 0 Å². The standard InChI is InChI=1S/C18H21N3O2/c1-4-6-10-15-19-17(21-23-15)14-11-13-9-7-8-12(3)16(13)20-18(14)22-5-2/h7-9,11H,4-6,10H2,1-3H3. The number of para-hydroxylation sites is 1. The molecule has 1 aromatic carbocycles. The van der Waals surface area contributed by atoms with Gasteiger partial charge in [-0.2, -0.15) is 4.98 Å². The molecule has 3 aromatic rings. The quantitative estimate of drug-likeness (QED) is 0.678. The van der Waals surface area contributed by atoms with Crippen LogP contribution in [0.5, 0.6) is 5.88 Å². The predicted molar refractivity (Wildman–Crippen MR) is 89.6 cm³/mol. The molecule has 5 heteroatoms. The number of pyridine rings is 1. The van der Waals surface area contributed by atoms with E-state index in [4.69, 9.17) is 9.26 Å². The smallest absolute Gasteiger partial charge is 0.226 e. The summed E-state index contributed by atoms with van der Waals surface area (Å²) in [5.41, 5.74) is 2.83. The van der Waals surface area contributed by atoms with E-state index in [0.717, 1.165) is 41.3 Å². The van der Waals surface area contributed by atoms with Crippen molar-refractivity contribution in [3.63, 3.8) is 0 Å². The molecule has 2 heterocycles. The lowest BCUT2D eigenvalue weighted by atomic mass is 10.1. The second-order valence-electron chi connectivity index (χ2n) is 5.54. The Morgan fingerprint density at radius 3 is 2.83 bits per heavy atom. The summed E-state index contributed by atoms with van der Waals surface area (Å²) < 4.78 is 11.1. The molecule has 0 aliphatic carbocycles. The third-order valence-electron chi connectivity index (χ3n) is 3.75. The predicted octanol–water partition coefficient (Wildman–Crippen LogP) is 4.33. The number of nitrogens with zero attached hydrogens (tertiary/aromatic N) is 3. The Morgan fingerprint density at radius 2 is 2.04 bits per heavy atom. The number of aromatic nitrogens is 3. The molecular weight excluding hydrogens is 290 g/mol. The molecule has 0 aliphatic heterocycles. The zero-order chi connectivity index (χ0) is 16.2. The minimum Gasteiger partial charge on any atom is -0.477 e. The fourth-order valence-corrected chi connectivity index (χ4v) is 2.53. The molecule has 0 unspecified atom stereocenters. The summed E-state index contributed by atoms with van der Waals surface area (Å²) in [6.45, 7) is 6.66. The first-order chi connectivity index (χ1) is 11.2. The van der Waals surface area contributed by atoms with Gasteiger partial charge in [-0.1, -0.05) is 36.7 Å². The van der Waals surface area contributed by atoms with Crippen molar-refractivity contribution in [3.05, 3.63) is 35.7 Å². The number of ether oxygens (including phenoxy) is 1. The van der Waals surface area contributed by atoms with Crippen molar-refractivity contribution in [2.75, 3.05) is 6.61 Å². The van der Waals surface area contributed by atoms with Crippen LogP contribution in [0.3, 0.4) is 0 Å². The number of hydrogen-bond acceptors (Lipinski definition) is 5. The van der Waals surface area contributed by atoms with E-state index in [1.807, 2.05) is 38.1 Å². The summed E-state index contributed by atoms with van der Waals surface area (Å²) in [6, 6.07) is 8.12. The Morgan fingerprint density at radius 1 is 1.17 bits per heavy atom. The second kappa shape index (κ2) is 6.77. The van der Waals surface area contributed by atoms with E-state index in [2.05, 4.69) is 22.0 Å².